The van der Waals surface area contributed by atoms with Gasteiger partial charge >= 0.3 is 6.85 Å². The fourth-order valence-electron chi connectivity index (χ4n) is 2.90. The Kier molecular flexibility index (Phi) is 3.58. The van der Waals surface area contributed by atoms with Crippen molar-refractivity contribution in [2.24, 2.45) is 7.05 Å². The molecule has 106 valence electrons. The number of hydrogen-bond acceptors (Lipinski definition) is 1. The van der Waals surface area contributed by atoms with Gasteiger partial charge in [-0.3, -0.25) is 4.81 Å². The molecule has 3 heteroatoms. The van der Waals surface area contributed by atoms with Crippen molar-refractivity contribution in [3.05, 3.63) is 59.7 Å². The van der Waals surface area contributed by atoms with Crippen LogP contribution in [0.1, 0.15) is 30.9 Å². The van der Waals surface area contributed by atoms with E-state index < -0.39 is 0 Å². The molecule has 0 unspecified atom stereocenters. The molecule has 0 saturated carbocycles. The third-order valence-electron chi connectivity index (χ3n) is 4.22. The number of rotatable bonds is 2. The number of anilines is 2. The van der Waals surface area contributed by atoms with E-state index in [4.69, 9.17) is 0 Å². The van der Waals surface area contributed by atoms with Crippen LogP contribution in [0.15, 0.2) is 48.6 Å². The van der Waals surface area contributed by atoms with Gasteiger partial charge in [-0.25, -0.2) is 4.57 Å². The predicted octanol–water partition coefficient (Wildman–Crippen LogP) is 3.96. The number of aromatic nitrogens is 1. The Morgan fingerprint density at radius 1 is 1.14 bits per heavy atom. The van der Waals surface area contributed by atoms with Crippen LogP contribution in [0.5, 0.6) is 0 Å². The first-order valence-corrected chi connectivity index (χ1v) is 7.64. The number of para-hydroxylation sites is 1. The topological polar surface area (TPSA) is 7.12 Å². The molecule has 21 heavy (non-hydrogen) atoms. The average molecular weight is 277 g/mol. The molecule has 1 aliphatic heterocycles. The second-order valence-electron chi connectivity index (χ2n) is 6.11. The maximum Gasteiger partial charge on any atom is 0.402 e. The molecule has 2 heterocycles. The van der Waals surface area contributed by atoms with Gasteiger partial charge in [-0.2, -0.15) is 0 Å². The summed E-state index contributed by atoms with van der Waals surface area (Å²) in [7, 11) is 2.12. The minimum Gasteiger partial charge on any atom is -0.287 e. The Morgan fingerprint density at radius 2 is 1.90 bits per heavy atom. The van der Waals surface area contributed by atoms with Gasteiger partial charge < -0.3 is 0 Å². The molecular formula is C18H22BN2+. The van der Waals surface area contributed by atoms with E-state index in [9.17, 15) is 0 Å². The van der Waals surface area contributed by atoms with E-state index in [0.29, 0.717) is 12.8 Å². The average Bonchev–Trinajstić information content (AvgIpc) is 2.48. The lowest BCUT2D eigenvalue weighted by Gasteiger charge is -2.26. The minimum atomic E-state index is 0.355. The normalized spacial score (nSPS) is 13.8. The first-order chi connectivity index (χ1) is 10.1. The zero-order valence-electron chi connectivity index (χ0n) is 13.2. The molecule has 0 saturated heterocycles. The van der Waals surface area contributed by atoms with Crippen LogP contribution in [-0.4, -0.2) is 6.85 Å². The molecule has 0 amide bonds. The third kappa shape index (κ3) is 2.48. The van der Waals surface area contributed by atoms with E-state index >= 15 is 0 Å². The summed E-state index contributed by atoms with van der Waals surface area (Å²) in [6.45, 7) is 7.08. The molecule has 0 spiro atoms. The number of pyridine rings is 1. The first-order valence-electron chi connectivity index (χ1n) is 7.64. The minimum absolute atomic E-state index is 0.355. The summed E-state index contributed by atoms with van der Waals surface area (Å²) in [5, 5.41) is 0. The summed E-state index contributed by atoms with van der Waals surface area (Å²) < 4.78 is 2.21. The van der Waals surface area contributed by atoms with Gasteiger partial charge in [0, 0.05) is 11.6 Å². The second-order valence-corrected chi connectivity index (χ2v) is 6.11. The van der Waals surface area contributed by atoms with E-state index in [1.165, 1.54) is 22.6 Å². The lowest BCUT2D eigenvalue weighted by atomic mass is 9.60. The number of aryl methyl sites for hydroxylation is 1. The Bertz CT molecular complexity index is 691. The quantitative estimate of drug-likeness (QED) is 0.595. The highest BCUT2D eigenvalue weighted by Crippen LogP contribution is 2.33. The van der Waals surface area contributed by atoms with Crippen molar-refractivity contribution >= 4 is 24.4 Å². The summed E-state index contributed by atoms with van der Waals surface area (Å²) in [6, 6.07) is 13.1. The summed E-state index contributed by atoms with van der Waals surface area (Å²) in [4.78, 5) is 2.42. The van der Waals surface area contributed by atoms with Crippen molar-refractivity contribution in [1.82, 2.24) is 0 Å². The van der Waals surface area contributed by atoms with E-state index in [1.54, 1.807) is 0 Å². The monoisotopic (exact) mass is 277 g/mol. The van der Waals surface area contributed by atoms with Crippen molar-refractivity contribution in [1.29, 1.82) is 0 Å². The number of hydrogen-bond donors (Lipinski definition) is 0. The molecule has 1 aliphatic rings. The largest absolute Gasteiger partial charge is 0.402 e. The maximum absolute atomic E-state index is 2.42. The first kappa shape index (κ1) is 13.9. The van der Waals surface area contributed by atoms with Gasteiger partial charge in [-0.05, 0) is 30.4 Å². The van der Waals surface area contributed by atoms with Crippen LogP contribution in [0.4, 0.5) is 11.5 Å². The van der Waals surface area contributed by atoms with Crippen LogP contribution >= 0.6 is 0 Å². The van der Waals surface area contributed by atoms with Crippen LogP contribution < -0.4 is 9.38 Å². The number of fused-ring (bicyclic) bond motifs is 1. The fourth-order valence-corrected chi connectivity index (χ4v) is 2.90. The van der Waals surface area contributed by atoms with E-state index in [-0.39, 0.29) is 0 Å². The standard InChI is InChI=1S/C18H22BN2/c1-14(2)16-10-12-20(4)18(13-16)21-17-8-6-5-7-15(17)9-11-19(21)3/h5-14H,1-4H3/q+1. The van der Waals surface area contributed by atoms with Crippen LogP contribution in [0.25, 0.3) is 6.08 Å². The van der Waals surface area contributed by atoms with Crippen LogP contribution in [0.3, 0.4) is 0 Å². The summed E-state index contributed by atoms with van der Waals surface area (Å²) in [5.74, 6) is 4.05. The van der Waals surface area contributed by atoms with Crippen LogP contribution in [-0.2, 0) is 7.05 Å². The van der Waals surface area contributed by atoms with Crippen molar-refractivity contribution in [2.45, 2.75) is 26.6 Å². The van der Waals surface area contributed by atoms with Gasteiger partial charge in [0.2, 0.25) is 0 Å². The van der Waals surface area contributed by atoms with Gasteiger partial charge in [0.15, 0.2) is 0 Å². The lowest BCUT2D eigenvalue weighted by molar-refractivity contribution is -0.658. The molecule has 0 radical (unpaired) electrons. The maximum atomic E-state index is 2.42. The van der Waals surface area contributed by atoms with Crippen molar-refractivity contribution in [3.8, 4) is 0 Å². The molecule has 0 fully saturated rings. The van der Waals surface area contributed by atoms with Crippen molar-refractivity contribution < 1.29 is 4.57 Å². The highest BCUT2D eigenvalue weighted by molar-refractivity contribution is 6.69. The van der Waals surface area contributed by atoms with Crippen LogP contribution in [0.2, 0.25) is 6.82 Å². The highest BCUT2D eigenvalue weighted by atomic mass is 15.2. The summed E-state index contributed by atoms with van der Waals surface area (Å²) in [5.41, 5.74) is 3.94. The molecule has 2 nitrogen and oxygen atoms in total. The van der Waals surface area contributed by atoms with Gasteiger partial charge in [0.05, 0.1) is 13.2 Å². The molecule has 0 bridgehead atoms. The Labute approximate surface area is 127 Å². The van der Waals surface area contributed by atoms with Gasteiger partial charge in [0.25, 0.3) is 5.82 Å². The smallest absolute Gasteiger partial charge is 0.287 e. The highest BCUT2D eigenvalue weighted by Gasteiger charge is 2.33. The Balaban J connectivity index is 2.15. The molecule has 1 aromatic carbocycles. The number of benzene rings is 1. The zero-order chi connectivity index (χ0) is 15.0. The molecular weight excluding hydrogens is 255 g/mol. The fraction of sp³-hybridized carbons (Fsp3) is 0.278. The summed E-state index contributed by atoms with van der Waals surface area (Å²) in [6.07, 6.45) is 4.39. The molecule has 3 rings (SSSR count). The van der Waals surface area contributed by atoms with E-state index in [1.807, 2.05) is 0 Å². The second kappa shape index (κ2) is 5.40. The van der Waals surface area contributed by atoms with E-state index in [0.717, 1.165) is 0 Å². The Morgan fingerprint density at radius 3 is 2.67 bits per heavy atom. The lowest BCUT2D eigenvalue weighted by Crippen LogP contribution is -2.43. The van der Waals surface area contributed by atoms with Gasteiger partial charge in [-0.1, -0.05) is 44.1 Å². The molecule has 0 atom stereocenters. The molecule has 0 aliphatic carbocycles. The predicted molar refractivity (Wildman–Crippen MR) is 90.9 cm³/mol. The van der Waals surface area contributed by atoms with E-state index in [2.05, 4.69) is 91.7 Å². The molecule has 2 aromatic rings. The Hall–Kier alpha value is -2.03. The summed E-state index contributed by atoms with van der Waals surface area (Å²) >= 11 is 0. The SMILES string of the molecule is CB1C=Cc2ccccc2N1c1cc(C(C)C)cc[n+]1C. The molecule has 1 aromatic heterocycles. The third-order valence-corrected chi connectivity index (χ3v) is 4.22. The van der Waals surface area contributed by atoms with Crippen molar-refractivity contribution in [3.63, 3.8) is 0 Å². The van der Waals surface area contributed by atoms with Crippen LogP contribution in [0, 0.1) is 0 Å². The number of nitrogens with zero attached hydrogens (tertiary/aromatic N) is 2. The van der Waals surface area contributed by atoms with Gasteiger partial charge in [-0.15, -0.1) is 0 Å². The van der Waals surface area contributed by atoms with Gasteiger partial charge in [0.1, 0.15) is 5.69 Å². The zero-order valence-corrected chi connectivity index (χ0v) is 13.2. The van der Waals surface area contributed by atoms with Crippen molar-refractivity contribution in [2.75, 3.05) is 4.81 Å². The molecule has 0 N–H and O–H groups in total.